The van der Waals surface area contributed by atoms with Crippen LogP contribution in [0.2, 0.25) is 5.02 Å². The number of amides is 1. The highest BCUT2D eigenvalue weighted by Gasteiger charge is 2.43. The molecule has 6 nitrogen and oxygen atoms in total. The lowest BCUT2D eigenvalue weighted by Gasteiger charge is -2.42. The molecule has 1 aromatic heterocycles. The summed E-state index contributed by atoms with van der Waals surface area (Å²) in [6, 6.07) is 4.01. The van der Waals surface area contributed by atoms with Gasteiger partial charge in [-0.1, -0.05) is 11.6 Å². The maximum Gasteiger partial charge on any atom is 0.410 e. The number of ether oxygens (including phenoxy) is 1. The molecule has 3 heterocycles. The van der Waals surface area contributed by atoms with E-state index in [0.29, 0.717) is 29.5 Å². The third kappa shape index (κ3) is 3.13. The molecule has 1 aromatic rings. The predicted molar refractivity (Wildman–Crippen MR) is 91.1 cm³/mol. The van der Waals surface area contributed by atoms with Crippen molar-refractivity contribution in [3.05, 3.63) is 22.8 Å². The number of anilines is 1. The van der Waals surface area contributed by atoms with Gasteiger partial charge in [-0.25, -0.2) is 9.78 Å². The summed E-state index contributed by atoms with van der Waals surface area (Å²) >= 11 is 6.35. The standard InChI is InChI=1S/C17H21ClN4O2/c1-17(2,3)24-16(23)21-9-12-4-5-13(10-21)22(12)15-14(18)11(8-19)6-7-20-15/h6-7,12-13H,4-5,9-10H2,1-3H3. The second-order valence-corrected chi connectivity index (χ2v) is 7.66. The summed E-state index contributed by atoms with van der Waals surface area (Å²) in [6.45, 7) is 6.77. The smallest absolute Gasteiger partial charge is 0.410 e. The van der Waals surface area contributed by atoms with Gasteiger partial charge < -0.3 is 14.5 Å². The van der Waals surface area contributed by atoms with E-state index in [9.17, 15) is 4.79 Å². The van der Waals surface area contributed by atoms with Crippen LogP contribution in [0.5, 0.6) is 0 Å². The van der Waals surface area contributed by atoms with Crippen molar-refractivity contribution in [1.82, 2.24) is 9.88 Å². The summed E-state index contributed by atoms with van der Waals surface area (Å²) in [5.41, 5.74) is -0.0742. The first kappa shape index (κ1) is 16.8. The molecule has 7 heteroatoms. The van der Waals surface area contributed by atoms with E-state index in [1.807, 2.05) is 20.8 Å². The minimum atomic E-state index is -0.501. The molecule has 0 aliphatic carbocycles. The second kappa shape index (κ2) is 6.14. The molecule has 2 atom stereocenters. The van der Waals surface area contributed by atoms with Crippen molar-refractivity contribution in [3.63, 3.8) is 0 Å². The molecule has 3 rings (SSSR count). The van der Waals surface area contributed by atoms with E-state index >= 15 is 0 Å². The van der Waals surface area contributed by atoms with E-state index in [2.05, 4.69) is 16.0 Å². The van der Waals surface area contributed by atoms with Crippen LogP contribution in [-0.4, -0.2) is 46.8 Å². The van der Waals surface area contributed by atoms with Crippen LogP contribution in [0.3, 0.4) is 0 Å². The van der Waals surface area contributed by atoms with E-state index in [0.717, 1.165) is 12.8 Å². The van der Waals surface area contributed by atoms with Gasteiger partial charge in [0.15, 0.2) is 0 Å². The van der Waals surface area contributed by atoms with E-state index < -0.39 is 5.60 Å². The van der Waals surface area contributed by atoms with Crippen LogP contribution in [0.4, 0.5) is 10.6 Å². The van der Waals surface area contributed by atoms with Gasteiger partial charge in [-0.05, 0) is 39.7 Å². The summed E-state index contributed by atoms with van der Waals surface area (Å²) in [7, 11) is 0. The molecule has 0 radical (unpaired) electrons. The Morgan fingerprint density at radius 2 is 2.00 bits per heavy atom. The van der Waals surface area contributed by atoms with Gasteiger partial charge in [0.2, 0.25) is 0 Å². The first-order chi connectivity index (χ1) is 11.3. The number of fused-ring (bicyclic) bond motifs is 2. The van der Waals surface area contributed by atoms with Crippen LogP contribution in [-0.2, 0) is 4.74 Å². The lowest BCUT2D eigenvalue weighted by molar-refractivity contribution is 0.0209. The van der Waals surface area contributed by atoms with E-state index in [-0.39, 0.29) is 18.2 Å². The van der Waals surface area contributed by atoms with Gasteiger partial charge in [0.05, 0.1) is 5.56 Å². The first-order valence-corrected chi connectivity index (χ1v) is 8.49. The summed E-state index contributed by atoms with van der Waals surface area (Å²) < 4.78 is 5.49. The Hall–Kier alpha value is -2.00. The SMILES string of the molecule is CC(C)(C)OC(=O)N1CC2CCC(C1)N2c1nccc(C#N)c1Cl. The molecule has 24 heavy (non-hydrogen) atoms. The third-order valence-electron chi connectivity index (χ3n) is 4.37. The molecule has 128 valence electrons. The van der Waals surface area contributed by atoms with Gasteiger partial charge in [0.25, 0.3) is 0 Å². The van der Waals surface area contributed by atoms with Crippen LogP contribution >= 0.6 is 11.6 Å². The fraction of sp³-hybridized carbons (Fsp3) is 0.588. The number of rotatable bonds is 1. The van der Waals surface area contributed by atoms with Gasteiger partial charge in [0, 0.05) is 31.4 Å². The number of piperazine rings is 1. The van der Waals surface area contributed by atoms with E-state index in [1.54, 1.807) is 17.2 Å². The van der Waals surface area contributed by atoms with Crippen molar-refractivity contribution in [1.29, 1.82) is 5.26 Å². The highest BCUT2D eigenvalue weighted by atomic mass is 35.5. The molecule has 2 fully saturated rings. The Bertz CT molecular complexity index is 681. The second-order valence-electron chi connectivity index (χ2n) is 7.29. The fourth-order valence-corrected chi connectivity index (χ4v) is 3.68. The van der Waals surface area contributed by atoms with Crippen molar-refractivity contribution < 1.29 is 9.53 Å². The van der Waals surface area contributed by atoms with Crippen LogP contribution in [0.25, 0.3) is 0 Å². The number of hydrogen-bond donors (Lipinski definition) is 0. The molecule has 0 saturated carbocycles. The number of likely N-dealkylation sites (tertiary alicyclic amines) is 1. The highest BCUT2D eigenvalue weighted by molar-refractivity contribution is 6.34. The average Bonchev–Trinajstić information content (AvgIpc) is 2.75. The Kier molecular flexibility index (Phi) is 4.31. The van der Waals surface area contributed by atoms with Gasteiger partial charge in [-0.3, -0.25) is 0 Å². The molecular formula is C17H21ClN4O2. The van der Waals surface area contributed by atoms with E-state index in [4.69, 9.17) is 21.6 Å². The summed E-state index contributed by atoms with van der Waals surface area (Å²) in [6.07, 6.45) is 3.28. The number of carbonyl (C=O) groups is 1. The van der Waals surface area contributed by atoms with Crippen LogP contribution in [0, 0.1) is 11.3 Å². The summed E-state index contributed by atoms with van der Waals surface area (Å²) in [5.74, 6) is 0.645. The molecule has 2 unspecified atom stereocenters. The fourth-order valence-electron chi connectivity index (χ4n) is 3.42. The lowest BCUT2D eigenvalue weighted by atomic mass is 10.1. The Morgan fingerprint density at radius 1 is 1.38 bits per heavy atom. The number of pyridine rings is 1. The first-order valence-electron chi connectivity index (χ1n) is 8.11. The molecule has 1 amide bonds. The Balaban J connectivity index is 1.80. The normalized spacial score (nSPS) is 23.1. The Labute approximate surface area is 147 Å². The zero-order valence-electron chi connectivity index (χ0n) is 14.1. The number of aromatic nitrogens is 1. The zero-order chi connectivity index (χ0) is 17.5. The summed E-state index contributed by atoms with van der Waals surface area (Å²) in [5, 5.41) is 9.55. The quantitative estimate of drug-likeness (QED) is 0.779. The third-order valence-corrected chi connectivity index (χ3v) is 4.74. The summed E-state index contributed by atoms with van der Waals surface area (Å²) in [4.78, 5) is 20.7. The number of nitrogens with zero attached hydrogens (tertiary/aromatic N) is 4. The Morgan fingerprint density at radius 3 is 2.54 bits per heavy atom. The van der Waals surface area contributed by atoms with Crippen molar-refractivity contribution in [2.24, 2.45) is 0 Å². The van der Waals surface area contributed by atoms with Crippen LogP contribution in [0.1, 0.15) is 39.2 Å². The lowest BCUT2D eigenvalue weighted by Crippen LogP contribution is -2.56. The van der Waals surface area contributed by atoms with E-state index in [1.165, 1.54) is 0 Å². The van der Waals surface area contributed by atoms with Gasteiger partial charge in [-0.15, -0.1) is 0 Å². The van der Waals surface area contributed by atoms with Crippen LogP contribution < -0.4 is 4.90 Å². The van der Waals surface area contributed by atoms with Crippen molar-refractivity contribution in [2.45, 2.75) is 51.3 Å². The number of halogens is 1. The molecule has 0 aromatic carbocycles. The van der Waals surface area contributed by atoms with Gasteiger partial charge in [0.1, 0.15) is 22.5 Å². The largest absolute Gasteiger partial charge is 0.444 e. The zero-order valence-corrected chi connectivity index (χ0v) is 14.9. The maximum atomic E-state index is 12.3. The number of hydrogen-bond acceptors (Lipinski definition) is 5. The predicted octanol–water partition coefficient (Wildman–Crippen LogP) is 3.19. The topological polar surface area (TPSA) is 69.5 Å². The minimum absolute atomic E-state index is 0.148. The highest BCUT2D eigenvalue weighted by Crippen LogP contribution is 2.38. The van der Waals surface area contributed by atoms with Gasteiger partial charge >= 0.3 is 6.09 Å². The molecule has 0 spiro atoms. The monoisotopic (exact) mass is 348 g/mol. The molecule has 2 aliphatic rings. The molecule has 2 saturated heterocycles. The van der Waals surface area contributed by atoms with Crippen molar-refractivity contribution in [3.8, 4) is 6.07 Å². The minimum Gasteiger partial charge on any atom is -0.444 e. The van der Waals surface area contributed by atoms with Gasteiger partial charge in [-0.2, -0.15) is 5.26 Å². The number of carbonyl (C=O) groups excluding carboxylic acids is 1. The van der Waals surface area contributed by atoms with Crippen molar-refractivity contribution in [2.75, 3.05) is 18.0 Å². The molecular weight excluding hydrogens is 328 g/mol. The maximum absolute atomic E-state index is 12.3. The van der Waals surface area contributed by atoms with Crippen LogP contribution in [0.15, 0.2) is 12.3 Å². The average molecular weight is 349 g/mol. The van der Waals surface area contributed by atoms with Crippen molar-refractivity contribution >= 4 is 23.5 Å². The molecule has 2 bridgehead atoms. The molecule has 0 N–H and O–H groups in total. The molecule has 2 aliphatic heterocycles. The number of nitriles is 1.